The van der Waals surface area contributed by atoms with Gasteiger partial charge in [0, 0.05) is 19.7 Å². The molecule has 0 saturated carbocycles. The zero-order chi connectivity index (χ0) is 16.2. The van der Waals surface area contributed by atoms with Crippen LogP contribution in [0.4, 0.5) is 0 Å². The second kappa shape index (κ2) is 6.75. The summed E-state index contributed by atoms with van der Waals surface area (Å²) in [4.78, 5) is 26.1. The van der Waals surface area contributed by atoms with E-state index in [4.69, 9.17) is 10.5 Å². The van der Waals surface area contributed by atoms with Gasteiger partial charge in [0.25, 0.3) is 0 Å². The van der Waals surface area contributed by atoms with Gasteiger partial charge in [-0.1, -0.05) is 30.3 Å². The minimum Gasteiger partial charge on any atom is -0.382 e. The van der Waals surface area contributed by atoms with Gasteiger partial charge in [-0.25, -0.2) is 0 Å². The Bertz CT molecular complexity index is 583. The standard InChI is InChI=1S/C17H22N2O3/c1-13(14-7-4-3-5-8-14)11-15(20)19-10-6-9-17(19,12-22-2)16(18)21/h3-5,7-8,11H,6,9-10,12H2,1-2H3,(H2,18,21)/b13-11+. The van der Waals surface area contributed by atoms with Crippen molar-refractivity contribution in [2.24, 2.45) is 5.73 Å². The molecule has 0 spiro atoms. The molecule has 1 heterocycles. The Morgan fingerprint density at radius 2 is 2.05 bits per heavy atom. The minimum absolute atomic E-state index is 0.131. The predicted molar refractivity (Wildman–Crippen MR) is 84.8 cm³/mol. The molecule has 1 fully saturated rings. The molecule has 2 amide bonds. The molecule has 22 heavy (non-hydrogen) atoms. The number of likely N-dealkylation sites (tertiary alicyclic amines) is 1. The van der Waals surface area contributed by atoms with Gasteiger partial charge >= 0.3 is 0 Å². The number of hydrogen-bond acceptors (Lipinski definition) is 3. The monoisotopic (exact) mass is 302 g/mol. The van der Waals surface area contributed by atoms with Crippen LogP contribution in [-0.4, -0.2) is 42.5 Å². The molecule has 1 aromatic rings. The van der Waals surface area contributed by atoms with E-state index in [1.54, 1.807) is 11.0 Å². The van der Waals surface area contributed by atoms with E-state index < -0.39 is 11.4 Å². The van der Waals surface area contributed by atoms with Crippen LogP contribution in [0.25, 0.3) is 5.57 Å². The molecule has 1 aliphatic heterocycles. The average molecular weight is 302 g/mol. The number of primary amides is 1. The molecule has 2 rings (SSSR count). The average Bonchev–Trinajstić information content (AvgIpc) is 2.93. The molecule has 1 aliphatic rings. The topological polar surface area (TPSA) is 72.6 Å². The smallest absolute Gasteiger partial charge is 0.247 e. The lowest BCUT2D eigenvalue weighted by molar-refractivity contribution is -0.143. The van der Waals surface area contributed by atoms with E-state index >= 15 is 0 Å². The molecular formula is C17H22N2O3. The third-order valence-corrected chi connectivity index (χ3v) is 4.17. The fraction of sp³-hybridized carbons (Fsp3) is 0.412. The number of carbonyl (C=O) groups excluding carboxylic acids is 2. The summed E-state index contributed by atoms with van der Waals surface area (Å²) in [5.74, 6) is -0.708. The zero-order valence-electron chi connectivity index (χ0n) is 13.0. The van der Waals surface area contributed by atoms with E-state index in [0.29, 0.717) is 13.0 Å². The highest BCUT2D eigenvalue weighted by Gasteiger charge is 2.48. The number of nitrogens with two attached hydrogens (primary N) is 1. The number of carbonyl (C=O) groups is 2. The summed E-state index contributed by atoms with van der Waals surface area (Å²) in [5.41, 5.74) is 6.36. The van der Waals surface area contributed by atoms with Gasteiger partial charge in [0.2, 0.25) is 11.8 Å². The Labute approximate surface area is 130 Å². The molecule has 5 nitrogen and oxygen atoms in total. The maximum absolute atomic E-state index is 12.6. The van der Waals surface area contributed by atoms with Crippen molar-refractivity contribution < 1.29 is 14.3 Å². The summed E-state index contributed by atoms with van der Waals surface area (Å²) in [7, 11) is 1.51. The first kappa shape index (κ1) is 16.2. The lowest BCUT2D eigenvalue weighted by Crippen LogP contribution is -2.58. The van der Waals surface area contributed by atoms with Gasteiger partial charge in [0.15, 0.2) is 0 Å². The summed E-state index contributed by atoms with van der Waals surface area (Å²) >= 11 is 0. The van der Waals surface area contributed by atoms with Crippen LogP contribution in [0.5, 0.6) is 0 Å². The first-order chi connectivity index (χ1) is 10.5. The van der Waals surface area contributed by atoms with Crippen LogP contribution in [-0.2, 0) is 14.3 Å². The van der Waals surface area contributed by atoms with Crippen molar-refractivity contribution in [1.82, 2.24) is 4.90 Å². The van der Waals surface area contributed by atoms with Gasteiger partial charge in [0.05, 0.1) is 6.61 Å². The second-order valence-corrected chi connectivity index (χ2v) is 5.62. The number of methoxy groups -OCH3 is 1. The van der Waals surface area contributed by atoms with Crippen molar-refractivity contribution >= 4 is 17.4 Å². The van der Waals surface area contributed by atoms with E-state index in [9.17, 15) is 9.59 Å². The Hall–Kier alpha value is -2.14. The van der Waals surface area contributed by atoms with E-state index in [0.717, 1.165) is 17.6 Å². The van der Waals surface area contributed by atoms with Crippen molar-refractivity contribution in [2.75, 3.05) is 20.3 Å². The van der Waals surface area contributed by atoms with E-state index in [1.165, 1.54) is 7.11 Å². The van der Waals surface area contributed by atoms with Gasteiger partial charge in [-0.15, -0.1) is 0 Å². The fourth-order valence-electron chi connectivity index (χ4n) is 2.96. The molecule has 1 saturated heterocycles. The lowest BCUT2D eigenvalue weighted by atomic mass is 9.96. The third-order valence-electron chi connectivity index (χ3n) is 4.17. The normalized spacial score (nSPS) is 21.9. The zero-order valence-corrected chi connectivity index (χ0v) is 13.0. The predicted octanol–water partition coefficient (Wildman–Crippen LogP) is 1.58. The highest BCUT2D eigenvalue weighted by molar-refractivity contribution is 5.99. The molecule has 118 valence electrons. The lowest BCUT2D eigenvalue weighted by Gasteiger charge is -2.34. The van der Waals surface area contributed by atoms with Gasteiger partial charge < -0.3 is 15.4 Å². The molecule has 5 heteroatoms. The van der Waals surface area contributed by atoms with Crippen LogP contribution in [0.1, 0.15) is 25.3 Å². The molecule has 0 radical (unpaired) electrons. The molecule has 1 atom stereocenters. The van der Waals surface area contributed by atoms with Crippen molar-refractivity contribution in [1.29, 1.82) is 0 Å². The highest BCUT2D eigenvalue weighted by Crippen LogP contribution is 2.30. The molecule has 0 bridgehead atoms. The Morgan fingerprint density at radius 1 is 1.36 bits per heavy atom. The largest absolute Gasteiger partial charge is 0.382 e. The van der Waals surface area contributed by atoms with Crippen LogP contribution in [0.2, 0.25) is 0 Å². The van der Waals surface area contributed by atoms with Gasteiger partial charge in [-0.3, -0.25) is 9.59 Å². The molecule has 1 unspecified atom stereocenters. The quantitative estimate of drug-likeness (QED) is 0.839. The van der Waals surface area contributed by atoms with Crippen LogP contribution in [0.3, 0.4) is 0 Å². The van der Waals surface area contributed by atoms with E-state index in [-0.39, 0.29) is 12.5 Å². The van der Waals surface area contributed by atoms with Gasteiger partial charge in [-0.05, 0) is 30.9 Å². The second-order valence-electron chi connectivity index (χ2n) is 5.62. The van der Waals surface area contributed by atoms with Crippen LogP contribution < -0.4 is 5.73 Å². The number of benzene rings is 1. The van der Waals surface area contributed by atoms with Gasteiger partial charge in [-0.2, -0.15) is 0 Å². The molecule has 1 aromatic carbocycles. The van der Waals surface area contributed by atoms with Crippen LogP contribution >= 0.6 is 0 Å². The highest BCUT2D eigenvalue weighted by atomic mass is 16.5. The fourth-order valence-corrected chi connectivity index (χ4v) is 2.96. The number of rotatable bonds is 5. The van der Waals surface area contributed by atoms with E-state index in [2.05, 4.69) is 0 Å². The van der Waals surface area contributed by atoms with Crippen molar-refractivity contribution in [3.63, 3.8) is 0 Å². The number of amides is 2. The summed E-state index contributed by atoms with van der Waals surface area (Å²) in [6, 6.07) is 9.66. The number of allylic oxidation sites excluding steroid dienone is 1. The number of hydrogen-bond donors (Lipinski definition) is 1. The van der Waals surface area contributed by atoms with E-state index in [1.807, 2.05) is 37.3 Å². The van der Waals surface area contributed by atoms with Crippen LogP contribution in [0, 0.1) is 0 Å². The molecular weight excluding hydrogens is 280 g/mol. The Morgan fingerprint density at radius 3 is 2.64 bits per heavy atom. The first-order valence-corrected chi connectivity index (χ1v) is 7.35. The van der Waals surface area contributed by atoms with Crippen molar-refractivity contribution in [3.05, 3.63) is 42.0 Å². The SMILES string of the molecule is COCC1(C(N)=O)CCCN1C(=O)/C=C(\C)c1ccccc1. The number of ether oxygens (including phenoxy) is 1. The molecule has 0 aliphatic carbocycles. The summed E-state index contributed by atoms with van der Waals surface area (Å²) < 4.78 is 5.15. The summed E-state index contributed by atoms with van der Waals surface area (Å²) in [6.45, 7) is 2.53. The minimum atomic E-state index is -1.03. The number of nitrogens with zero attached hydrogens (tertiary/aromatic N) is 1. The van der Waals surface area contributed by atoms with Crippen LogP contribution in [0.15, 0.2) is 36.4 Å². The first-order valence-electron chi connectivity index (χ1n) is 7.35. The molecule has 2 N–H and O–H groups in total. The third kappa shape index (κ3) is 3.04. The van der Waals surface area contributed by atoms with Gasteiger partial charge in [0.1, 0.15) is 5.54 Å². The van der Waals surface area contributed by atoms with Crippen molar-refractivity contribution in [2.45, 2.75) is 25.3 Å². The summed E-state index contributed by atoms with van der Waals surface area (Å²) in [5, 5.41) is 0. The van der Waals surface area contributed by atoms with Crippen molar-refractivity contribution in [3.8, 4) is 0 Å². The maximum atomic E-state index is 12.6. The Balaban J connectivity index is 2.26. The molecule has 0 aromatic heterocycles. The Kier molecular flexibility index (Phi) is 4.98. The maximum Gasteiger partial charge on any atom is 0.247 e. The summed E-state index contributed by atoms with van der Waals surface area (Å²) in [6.07, 6.45) is 2.85.